The van der Waals surface area contributed by atoms with E-state index in [1.54, 1.807) is 0 Å². The molecule has 11 aromatic rings. The monoisotopic (exact) mass is 679 g/mol. The first-order valence-corrected chi connectivity index (χ1v) is 18.4. The van der Waals surface area contributed by atoms with Gasteiger partial charge in [0.15, 0.2) is 5.82 Å². The molecule has 0 amide bonds. The van der Waals surface area contributed by atoms with Gasteiger partial charge in [0.05, 0.1) is 33.3 Å². The number of fused-ring (bicyclic) bond motifs is 10. The number of hydrogen-bond donors (Lipinski definition) is 0. The first-order chi connectivity index (χ1) is 25.8. The topological polar surface area (TPSA) is 30.7 Å². The van der Waals surface area contributed by atoms with E-state index in [2.05, 4.69) is 156 Å². The van der Waals surface area contributed by atoms with Gasteiger partial charge >= 0.3 is 0 Å². The van der Waals surface area contributed by atoms with Crippen molar-refractivity contribution < 1.29 is 0 Å². The Morgan fingerprint density at radius 2 is 1.15 bits per heavy atom. The molecule has 0 saturated carbocycles. The number of aromatic nitrogens is 3. The van der Waals surface area contributed by atoms with Crippen LogP contribution in [0.2, 0.25) is 0 Å². The van der Waals surface area contributed by atoms with Crippen LogP contribution in [0.1, 0.15) is 0 Å². The Hall–Kier alpha value is -6.62. The second kappa shape index (κ2) is 11.5. The molecule has 0 aliphatic rings. The normalized spacial score (nSPS) is 11.8. The van der Waals surface area contributed by atoms with Crippen LogP contribution < -0.4 is 0 Å². The van der Waals surface area contributed by atoms with E-state index < -0.39 is 0 Å². The van der Waals surface area contributed by atoms with Crippen molar-refractivity contribution in [3.8, 4) is 39.5 Å². The van der Waals surface area contributed by atoms with Crippen molar-refractivity contribution in [2.24, 2.45) is 0 Å². The number of nitrogens with zero attached hydrogens (tertiary/aromatic N) is 3. The lowest BCUT2D eigenvalue weighted by Gasteiger charge is -2.15. The Bertz CT molecular complexity index is 3180. The molecule has 0 saturated heterocycles. The molecule has 0 aliphatic heterocycles. The third kappa shape index (κ3) is 4.38. The van der Waals surface area contributed by atoms with E-state index >= 15 is 0 Å². The van der Waals surface area contributed by atoms with Crippen LogP contribution in [0.25, 0.3) is 103 Å². The number of hydrogen-bond acceptors (Lipinski definition) is 3. The molecule has 52 heavy (non-hydrogen) atoms. The van der Waals surface area contributed by atoms with Gasteiger partial charge < -0.3 is 4.57 Å². The second-order valence-electron chi connectivity index (χ2n) is 13.4. The van der Waals surface area contributed by atoms with Gasteiger partial charge in [-0.15, -0.1) is 11.3 Å². The summed E-state index contributed by atoms with van der Waals surface area (Å²) < 4.78 is 4.97. The molecule has 0 fully saturated rings. The molecular weight excluding hydrogens is 651 g/mol. The van der Waals surface area contributed by atoms with E-state index in [1.807, 2.05) is 35.7 Å². The van der Waals surface area contributed by atoms with Crippen LogP contribution in [-0.2, 0) is 0 Å². The average molecular weight is 680 g/mol. The zero-order valence-electron chi connectivity index (χ0n) is 28.0. The van der Waals surface area contributed by atoms with Crippen LogP contribution in [0.4, 0.5) is 0 Å². The van der Waals surface area contributed by atoms with Gasteiger partial charge in [-0.25, -0.2) is 9.97 Å². The Morgan fingerprint density at radius 3 is 1.98 bits per heavy atom. The zero-order chi connectivity index (χ0) is 34.2. The molecule has 0 atom stereocenters. The van der Waals surface area contributed by atoms with Gasteiger partial charge in [0, 0.05) is 37.4 Å². The average Bonchev–Trinajstić information content (AvgIpc) is 3.77. The highest BCUT2D eigenvalue weighted by molar-refractivity contribution is 7.26. The fourth-order valence-corrected chi connectivity index (χ4v) is 9.32. The van der Waals surface area contributed by atoms with Crippen molar-refractivity contribution >= 4 is 74.9 Å². The zero-order valence-corrected chi connectivity index (χ0v) is 28.8. The highest BCUT2D eigenvalue weighted by Gasteiger charge is 2.25. The molecule has 0 bridgehead atoms. The van der Waals surface area contributed by atoms with Crippen molar-refractivity contribution in [2.75, 3.05) is 0 Å². The summed E-state index contributed by atoms with van der Waals surface area (Å²) in [5.74, 6) is 0.708. The van der Waals surface area contributed by atoms with Crippen LogP contribution in [0.15, 0.2) is 176 Å². The first kappa shape index (κ1) is 29.1. The van der Waals surface area contributed by atoms with E-state index in [0.717, 1.165) is 28.0 Å². The molecular formula is C48H29N3S. The van der Waals surface area contributed by atoms with E-state index in [0.29, 0.717) is 5.82 Å². The summed E-state index contributed by atoms with van der Waals surface area (Å²) in [5, 5.41) is 9.94. The molecule has 0 N–H and O–H groups in total. The minimum atomic E-state index is 0.708. The molecule has 3 aromatic heterocycles. The summed E-state index contributed by atoms with van der Waals surface area (Å²) in [6, 6.07) is 60.9. The third-order valence-electron chi connectivity index (χ3n) is 10.4. The Balaban J connectivity index is 1.34. The largest absolute Gasteiger partial charge is 0.304 e. The predicted molar refractivity (Wildman–Crippen MR) is 221 cm³/mol. The van der Waals surface area contributed by atoms with Crippen LogP contribution in [0.5, 0.6) is 0 Å². The smallest absolute Gasteiger partial charge is 0.159 e. The predicted octanol–water partition coefficient (Wildman–Crippen LogP) is 13.2. The van der Waals surface area contributed by atoms with Crippen molar-refractivity contribution in [3.63, 3.8) is 0 Å². The molecule has 8 aromatic carbocycles. The minimum Gasteiger partial charge on any atom is -0.304 e. The number of benzene rings is 8. The van der Waals surface area contributed by atoms with Crippen LogP contribution >= 0.6 is 11.3 Å². The summed E-state index contributed by atoms with van der Waals surface area (Å²) in [7, 11) is 0. The van der Waals surface area contributed by atoms with Crippen molar-refractivity contribution in [3.05, 3.63) is 176 Å². The molecule has 0 aliphatic carbocycles. The number of thiophene rings is 1. The molecule has 11 rings (SSSR count). The molecule has 242 valence electrons. The van der Waals surface area contributed by atoms with Crippen molar-refractivity contribution in [2.45, 2.75) is 0 Å². The number of rotatable bonds is 4. The molecule has 0 radical (unpaired) electrons. The minimum absolute atomic E-state index is 0.708. The molecule has 3 nitrogen and oxygen atoms in total. The van der Waals surface area contributed by atoms with Gasteiger partial charge in [0.2, 0.25) is 0 Å². The van der Waals surface area contributed by atoms with Crippen molar-refractivity contribution in [1.82, 2.24) is 14.5 Å². The summed E-state index contributed by atoms with van der Waals surface area (Å²) in [4.78, 5) is 10.4. The van der Waals surface area contributed by atoms with Crippen molar-refractivity contribution in [1.29, 1.82) is 0 Å². The Morgan fingerprint density at radius 1 is 0.481 bits per heavy atom. The van der Waals surface area contributed by atoms with Crippen LogP contribution in [0.3, 0.4) is 0 Å². The van der Waals surface area contributed by atoms with Gasteiger partial charge in [-0.05, 0) is 56.9 Å². The lowest BCUT2D eigenvalue weighted by atomic mass is 9.94. The van der Waals surface area contributed by atoms with Gasteiger partial charge in [-0.2, -0.15) is 0 Å². The van der Waals surface area contributed by atoms with E-state index in [1.165, 1.54) is 69.1 Å². The van der Waals surface area contributed by atoms with Crippen LogP contribution in [-0.4, -0.2) is 14.5 Å². The summed E-state index contributed by atoms with van der Waals surface area (Å²) >= 11 is 1.87. The highest BCUT2D eigenvalue weighted by Crippen LogP contribution is 2.49. The lowest BCUT2D eigenvalue weighted by Crippen LogP contribution is -2.03. The van der Waals surface area contributed by atoms with Crippen LogP contribution in [0, 0.1) is 0 Å². The molecule has 0 unspecified atom stereocenters. The van der Waals surface area contributed by atoms with Gasteiger partial charge in [0.25, 0.3) is 0 Å². The fourth-order valence-electron chi connectivity index (χ4n) is 8.06. The highest BCUT2D eigenvalue weighted by atomic mass is 32.1. The van der Waals surface area contributed by atoms with Gasteiger partial charge in [0.1, 0.15) is 0 Å². The van der Waals surface area contributed by atoms with E-state index in [-0.39, 0.29) is 0 Å². The quantitative estimate of drug-likeness (QED) is 0.185. The van der Waals surface area contributed by atoms with Gasteiger partial charge in [-0.3, -0.25) is 0 Å². The maximum absolute atomic E-state index is 5.33. The Kier molecular flexibility index (Phi) is 6.42. The summed E-state index contributed by atoms with van der Waals surface area (Å²) in [6.07, 6.45) is 2.03. The SMILES string of the molecule is c1ccc(-c2ncc(-n3c4ccc5ccccc5c4c4cc(-c5ccc6ccccc6c5)c5c6ccccc6sc5c43)c(-c3ccccc3)n2)cc1. The maximum atomic E-state index is 5.33. The van der Waals surface area contributed by atoms with E-state index in [9.17, 15) is 0 Å². The summed E-state index contributed by atoms with van der Waals surface area (Å²) in [5.41, 5.74) is 8.68. The van der Waals surface area contributed by atoms with Gasteiger partial charge in [-0.1, -0.05) is 146 Å². The standard InChI is InChI=1S/C48H29N3S/c1-3-15-32(16-4-1)45-41(29-49-48(50-45)33-17-5-2-6-18-33)51-40-26-25-31-14-9-10-20-36(31)43(40)39-28-38(35-24-23-30-13-7-8-19-34(30)27-35)44-37-21-11-12-22-42(37)52-47(44)46(39)51/h1-29H. The third-order valence-corrected chi connectivity index (χ3v) is 11.6. The maximum Gasteiger partial charge on any atom is 0.159 e. The fraction of sp³-hybridized carbons (Fsp3) is 0. The molecule has 4 heteroatoms. The molecule has 3 heterocycles. The second-order valence-corrected chi connectivity index (χ2v) is 14.4. The lowest BCUT2D eigenvalue weighted by molar-refractivity contribution is 1.09. The summed E-state index contributed by atoms with van der Waals surface area (Å²) in [6.45, 7) is 0. The Labute approximate surface area is 303 Å². The molecule has 0 spiro atoms. The first-order valence-electron chi connectivity index (χ1n) is 17.6. The van der Waals surface area contributed by atoms with E-state index in [4.69, 9.17) is 9.97 Å².